The van der Waals surface area contributed by atoms with Gasteiger partial charge in [0.15, 0.2) is 0 Å². The summed E-state index contributed by atoms with van der Waals surface area (Å²) >= 11 is 0. The zero-order valence-corrected chi connectivity index (χ0v) is 34.2. The molecule has 6 rings (SSSR count). The van der Waals surface area contributed by atoms with E-state index in [9.17, 15) is 45.1 Å². The summed E-state index contributed by atoms with van der Waals surface area (Å²) in [6.45, 7) is 5.14. The second-order valence-electron chi connectivity index (χ2n) is 13.8. The molecule has 6 N–H and O–H groups in total. The van der Waals surface area contributed by atoms with Gasteiger partial charge in [0, 0.05) is 57.5 Å². The Morgan fingerprint density at radius 1 is 0.433 bits per heavy atom. The van der Waals surface area contributed by atoms with Crippen molar-refractivity contribution in [3.8, 4) is 22.3 Å². The predicted molar refractivity (Wildman–Crippen MR) is 228 cm³/mol. The van der Waals surface area contributed by atoms with Gasteiger partial charge in [0.05, 0.1) is 0 Å². The van der Waals surface area contributed by atoms with Gasteiger partial charge in [-0.15, -0.1) is 0 Å². The lowest BCUT2D eigenvalue weighted by atomic mass is 9.99. The fourth-order valence-corrected chi connectivity index (χ4v) is 8.04. The van der Waals surface area contributed by atoms with Crippen molar-refractivity contribution >= 4 is 60.9 Å². The quantitative estimate of drug-likeness (QED) is 0.0702. The van der Waals surface area contributed by atoms with Gasteiger partial charge in [-0.2, -0.15) is 16.8 Å². The van der Waals surface area contributed by atoms with Crippen LogP contribution in [0.3, 0.4) is 0 Å². The summed E-state index contributed by atoms with van der Waals surface area (Å²) in [5.74, 6) is -1.93. The van der Waals surface area contributed by atoms with E-state index in [0.717, 1.165) is 6.07 Å². The first-order valence-electron chi connectivity index (χ1n) is 18.1. The second-order valence-corrected chi connectivity index (χ2v) is 16.6. The Balaban J connectivity index is 1.14. The molecule has 0 saturated heterocycles. The van der Waals surface area contributed by atoms with Crippen molar-refractivity contribution in [3.05, 3.63) is 160 Å². The molecule has 6 aromatic rings. The van der Waals surface area contributed by atoms with E-state index in [0.29, 0.717) is 50.3 Å². The number of hydrogen-bond acceptors (Lipinski definition) is 8. The van der Waals surface area contributed by atoms with Crippen LogP contribution in [0.5, 0.6) is 0 Å². The number of carbonyl (C=O) groups is 4. The zero-order valence-electron chi connectivity index (χ0n) is 32.5. The third-order valence-electron chi connectivity index (χ3n) is 9.50. The van der Waals surface area contributed by atoms with Crippen LogP contribution in [0.25, 0.3) is 22.3 Å². The average molecular weight is 847 g/mol. The molecule has 0 aromatic heterocycles. The Morgan fingerprint density at radius 2 is 0.817 bits per heavy atom. The van der Waals surface area contributed by atoms with E-state index >= 15 is 0 Å². The Morgan fingerprint density at radius 3 is 1.25 bits per heavy atom. The average Bonchev–Trinajstić information content (AvgIpc) is 3.20. The molecule has 0 bridgehead atoms. The van der Waals surface area contributed by atoms with Crippen LogP contribution in [0, 0.1) is 20.8 Å². The SMILES string of the molecule is CNC(=O)c1cccc(C(=O)Nc2ccc(-c3ccc(NC(=O)c4ccc(C(=O)Nc5ccc(-c6ccc(C)cc6S(=O)(=O)O)c(C)c5)cc4)cc3S(=O)(=O)O)c(C)c2)c1. The lowest BCUT2D eigenvalue weighted by molar-refractivity contribution is 0.0961. The smallest absolute Gasteiger partial charge is 0.295 e. The number of carbonyl (C=O) groups excluding carboxylic acids is 4. The van der Waals surface area contributed by atoms with Crippen LogP contribution in [-0.2, 0) is 20.2 Å². The van der Waals surface area contributed by atoms with Gasteiger partial charge in [0.25, 0.3) is 43.9 Å². The Kier molecular flexibility index (Phi) is 12.1. The number of hydrogen-bond donors (Lipinski definition) is 6. The standard InChI is InChI=1S/C44H38N4O10S2/c1-25-8-16-37(39(20-25)59(53,54)55)35-17-13-32(21-26(35)2)46-42(50)28-9-11-29(12-10-28)43(51)48-34-15-19-38(40(24-34)60(56,57)58)36-18-14-33(22-27(36)3)47-44(52)31-7-5-6-30(23-31)41(49)45-4/h5-24H,1-4H3,(H,45,49)(H,46,50)(H,47,52)(H,48,51)(H,53,54,55)(H,56,57,58). The van der Waals surface area contributed by atoms with Gasteiger partial charge >= 0.3 is 0 Å². The highest BCUT2D eigenvalue weighted by molar-refractivity contribution is 7.86. The molecule has 0 unspecified atom stereocenters. The number of amides is 4. The monoisotopic (exact) mass is 846 g/mol. The van der Waals surface area contributed by atoms with E-state index in [1.165, 1.54) is 55.6 Å². The minimum atomic E-state index is -4.80. The first-order chi connectivity index (χ1) is 28.3. The topological polar surface area (TPSA) is 225 Å². The lowest BCUT2D eigenvalue weighted by Gasteiger charge is -2.15. The van der Waals surface area contributed by atoms with Crippen molar-refractivity contribution in [1.29, 1.82) is 0 Å². The van der Waals surface area contributed by atoms with Gasteiger partial charge in [-0.3, -0.25) is 28.3 Å². The fourth-order valence-electron chi connectivity index (χ4n) is 6.52. The van der Waals surface area contributed by atoms with Gasteiger partial charge < -0.3 is 21.3 Å². The lowest BCUT2D eigenvalue weighted by Crippen LogP contribution is -2.19. The molecule has 0 fully saturated rings. The van der Waals surface area contributed by atoms with Crippen molar-refractivity contribution in [1.82, 2.24) is 5.32 Å². The minimum Gasteiger partial charge on any atom is -0.355 e. The second kappa shape index (κ2) is 17.1. The molecular formula is C44H38N4O10S2. The van der Waals surface area contributed by atoms with E-state index < -0.39 is 42.9 Å². The highest BCUT2D eigenvalue weighted by atomic mass is 32.2. The molecule has 0 heterocycles. The summed E-state index contributed by atoms with van der Waals surface area (Å²) in [5.41, 5.74) is 5.08. The minimum absolute atomic E-state index is 0.0619. The van der Waals surface area contributed by atoms with Gasteiger partial charge in [-0.05, 0) is 134 Å². The highest BCUT2D eigenvalue weighted by Gasteiger charge is 2.22. The summed E-state index contributed by atoms with van der Waals surface area (Å²) in [6, 6.07) is 30.2. The molecule has 0 aliphatic carbocycles. The maximum absolute atomic E-state index is 13.2. The van der Waals surface area contributed by atoms with E-state index in [2.05, 4.69) is 21.3 Å². The van der Waals surface area contributed by atoms with Crippen LogP contribution in [0.4, 0.5) is 17.1 Å². The van der Waals surface area contributed by atoms with Crippen molar-refractivity contribution < 1.29 is 45.1 Å². The summed E-state index contributed by atoms with van der Waals surface area (Å²) in [5, 5.41) is 10.6. The normalized spacial score (nSPS) is 11.4. The van der Waals surface area contributed by atoms with Gasteiger partial charge in [0.2, 0.25) is 0 Å². The molecule has 306 valence electrons. The maximum atomic E-state index is 13.2. The number of nitrogens with one attached hydrogen (secondary N) is 4. The van der Waals surface area contributed by atoms with Crippen molar-refractivity contribution in [2.45, 2.75) is 30.6 Å². The van der Waals surface area contributed by atoms with Gasteiger partial charge in [-0.25, -0.2) is 0 Å². The Labute approximate surface area is 346 Å². The molecule has 0 aliphatic heterocycles. The number of anilines is 3. The van der Waals surface area contributed by atoms with Gasteiger partial charge in [-0.1, -0.05) is 36.4 Å². The zero-order chi connectivity index (χ0) is 43.5. The first kappa shape index (κ1) is 42.6. The first-order valence-corrected chi connectivity index (χ1v) is 21.0. The van der Waals surface area contributed by atoms with Crippen LogP contribution in [0.15, 0.2) is 131 Å². The molecule has 14 nitrogen and oxygen atoms in total. The van der Waals surface area contributed by atoms with Crippen molar-refractivity contribution in [2.24, 2.45) is 0 Å². The van der Waals surface area contributed by atoms with Crippen molar-refractivity contribution in [3.63, 3.8) is 0 Å². The van der Waals surface area contributed by atoms with E-state index in [-0.39, 0.29) is 38.7 Å². The van der Waals surface area contributed by atoms with Crippen LogP contribution >= 0.6 is 0 Å². The van der Waals surface area contributed by atoms with E-state index in [1.54, 1.807) is 87.5 Å². The van der Waals surface area contributed by atoms with Gasteiger partial charge in [0.1, 0.15) is 9.79 Å². The Bertz CT molecular complexity index is 2950. The summed E-state index contributed by atoms with van der Waals surface area (Å²) < 4.78 is 69.3. The third-order valence-corrected chi connectivity index (χ3v) is 11.3. The largest absolute Gasteiger partial charge is 0.355 e. The molecule has 4 amide bonds. The van der Waals surface area contributed by atoms with Crippen LogP contribution in [0.2, 0.25) is 0 Å². The van der Waals surface area contributed by atoms with Crippen LogP contribution in [0.1, 0.15) is 58.1 Å². The molecule has 0 spiro atoms. The number of aryl methyl sites for hydroxylation is 3. The third kappa shape index (κ3) is 9.65. The summed E-state index contributed by atoms with van der Waals surface area (Å²) in [7, 11) is -7.82. The molecule has 0 saturated carbocycles. The maximum Gasteiger partial charge on any atom is 0.295 e. The Hall–Kier alpha value is -6.98. The predicted octanol–water partition coefficient (Wildman–Crippen LogP) is 7.56. The fraction of sp³-hybridized carbons (Fsp3) is 0.0909. The van der Waals surface area contributed by atoms with Crippen molar-refractivity contribution in [2.75, 3.05) is 23.0 Å². The molecule has 6 aromatic carbocycles. The molecule has 0 radical (unpaired) electrons. The molecule has 0 aliphatic rings. The number of benzene rings is 6. The number of rotatable bonds is 11. The van der Waals surface area contributed by atoms with Crippen LogP contribution < -0.4 is 21.3 Å². The van der Waals surface area contributed by atoms with Crippen LogP contribution in [-0.4, -0.2) is 56.6 Å². The summed E-state index contributed by atoms with van der Waals surface area (Å²) in [4.78, 5) is 50.6. The molecule has 0 atom stereocenters. The van der Waals surface area contributed by atoms with E-state index in [1.807, 2.05) is 0 Å². The molecule has 16 heteroatoms. The highest BCUT2D eigenvalue weighted by Crippen LogP contribution is 2.35. The molecule has 60 heavy (non-hydrogen) atoms. The molecular weight excluding hydrogens is 809 g/mol. The summed E-state index contributed by atoms with van der Waals surface area (Å²) in [6.07, 6.45) is 0. The van der Waals surface area contributed by atoms with E-state index in [4.69, 9.17) is 0 Å².